The van der Waals surface area contributed by atoms with Gasteiger partial charge in [0.25, 0.3) is 5.82 Å². The van der Waals surface area contributed by atoms with Crippen molar-refractivity contribution in [3.63, 3.8) is 0 Å². The summed E-state index contributed by atoms with van der Waals surface area (Å²) in [5, 5.41) is 2.26. The number of furan rings is 1. The Kier molecular flexibility index (Phi) is 5.50. The second-order valence-corrected chi connectivity index (χ2v) is 10.7. The summed E-state index contributed by atoms with van der Waals surface area (Å²) in [6.07, 6.45) is 5.20. The van der Waals surface area contributed by atoms with Crippen LogP contribution in [0.4, 0.5) is 0 Å². The van der Waals surface area contributed by atoms with Crippen LogP contribution in [0, 0.1) is 6.92 Å². The van der Waals surface area contributed by atoms with Gasteiger partial charge in [-0.25, -0.2) is 4.57 Å². The van der Waals surface area contributed by atoms with Gasteiger partial charge in [0, 0.05) is 28.7 Å². The highest BCUT2D eigenvalue weighted by Crippen LogP contribution is 2.39. The number of fused-ring (bicyclic) bond motifs is 4. The van der Waals surface area contributed by atoms with Crippen molar-refractivity contribution in [2.45, 2.75) is 6.92 Å². The summed E-state index contributed by atoms with van der Waals surface area (Å²) in [4.78, 5) is 8.61. The van der Waals surface area contributed by atoms with Gasteiger partial charge in [-0.3, -0.25) is 9.97 Å². The molecule has 0 N–H and O–H groups in total. The number of rotatable bonds is 4. The van der Waals surface area contributed by atoms with E-state index in [0.29, 0.717) is 0 Å². The summed E-state index contributed by atoms with van der Waals surface area (Å²) in [5.41, 5.74) is 11.7. The van der Waals surface area contributed by atoms with Crippen molar-refractivity contribution in [2.24, 2.45) is 7.05 Å². The smallest absolute Gasteiger partial charge is 0.298 e. The normalized spacial score (nSPS) is 11.6. The van der Waals surface area contributed by atoms with Crippen LogP contribution < -0.4 is 4.57 Å². The molecule has 8 aromatic rings. The van der Waals surface area contributed by atoms with Crippen LogP contribution in [0.15, 0.2) is 132 Å². The van der Waals surface area contributed by atoms with Crippen LogP contribution in [-0.2, 0) is 7.05 Å². The Balaban J connectivity index is 1.29. The number of benzene rings is 5. The molecule has 0 saturated heterocycles. The fraction of sp³-hybridized carbons (Fsp3) is 0.0541. The van der Waals surface area contributed by atoms with Gasteiger partial charge in [-0.1, -0.05) is 78.9 Å². The summed E-state index contributed by atoms with van der Waals surface area (Å²) in [5.74, 6) is 1.08. The van der Waals surface area contributed by atoms with E-state index in [4.69, 9.17) is 4.42 Å². The summed E-state index contributed by atoms with van der Waals surface area (Å²) in [6, 6.07) is 38.5. The zero-order valence-electron chi connectivity index (χ0n) is 23.3. The largest absolute Gasteiger partial charge is 0.455 e. The lowest BCUT2D eigenvalue weighted by Gasteiger charge is -2.09. The number of aromatic nitrogens is 4. The molecule has 0 bridgehead atoms. The third-order valence-corrected chi connectivity index (χ3v) is 8.20. The van der Waals surface area contributed by atoms with Crippen LogP contribution in [0.1, 0.15) is 5.56 Å². The molecule has 200 valence electrons. The molecule has 0 radical (unpaired) electrons. The molecule has 3 heterocycles. The number of para-hydroxylation sites is 3. The van der Waals surface area contributed by atoms with Crippen LogP contribution >= 0.6 is 0 Å². The summed E-state index contributed by atoms with van der Waals surface area (Å²) in [7, 11) is 2.14. The van der Waals surface area contributed by atoms with Crippen molar-refractivity contribution in [1.82, 2.24) is 14.5 Å². The van der Waals surface area contributed by atoms with Crippen molar-refractivity contribution in [2.75, 3.05) is 0 Å². The average molecular weight is 544 g/mol. The minimum Gasteiger partial charge on any atom is -0.455 e. The number of hydrogen-bond acceptors (Lipinski definition) is 3. The molecule has 8 rings (SSSR count). The third-order valence-electron chi connectivity index (χ3n) is 8.20. The van der Waals surface area contributed by atoms with Crippen molar-refractivity contribution < 1.29 is 8.98 Å². The second kappa shape index (κ2) is 9.53. The first-order chi connectivity index (χ1) is 20.7. The Labute approximate surface area is 243 Å². The number of nitrogens with zero attached hydrogens (tertiary/aromatic N) is 4. The molecule has 5 heteroatoms. The van der Waals surface area contributed by atoms with E-state index >= 15 is 0 Å². The summed E-state index contributed by atoms with van der Waals surface area (Å²) >= 11 is 0. The fourth-order valence-electron chi connectivity index (χ4n) is 6.11. The van der Waals surface area contributed by atoms with Crippen LogP contribution in [0.3, 0.4) is 0 Å². The SMILES string of the molecule is Cc1ccc2c(oc3ccccc32)c1-c1n(-c2ccc(-c3ccc(-c4cnccn4)cc3)cc2)c2ccccc2[n+]1C. The van der Waals surface area contributed by atoms with Gasteiger partial charge in [0.2, 0.25) is 0 Å². The molecule has 0 aliphatic heterocycles. The van der Waals surface area contributed by atoms with Crippen molar-refractivity contribution in [3.05, 3.63) is 133 Å². The van der Waals surface area contributed by atoms with Gasteiger partial charge in [-0.2, -0.15) is 4.57 Å². The van der Waals surface area contributed by atoms with Crippen LogP contribution in [0.2, 0.25) is 0 Å². The molecule has 42 heavy (non-hydrogen) atoms. The molecule has 0 aliphatic carbocycles. The Morgan fingerprint density at radius 2 is 1.40 bits per heavy atom. The number of aryl methyl sites for hydroxylation is 2. The van der Waals surface area contributed by atoms with Gasteiger partial charge in [0.05, 0.1) is 18.9 Å². The summed E-state index contributed by atoms with van der Waals surface area (Å²) in [6.45, 7) is 2.16. The van der Waals surface area contributed by atoms with E-state index in [0.717, 1.165) is 72.4 Å². The van der Waals surface area contributed by atoms with Crippen molar-refractivity contribution >= 4 is 33.0 Å². The van der Waals surface area contributed by atoms with Gasteiger partial charge in [-0.05, 0) is 53.9 Å². The molecule has 3 aromatic heterocycles. The first-order valence-electron chi connectivity index (χ1n) is 14.1. The van der Waals surface area contributed by atoms with Crippen LogP contribution in [0.25, 0.3) is 72.4 Å². The number of hydrogen-bond donors (Lipinski definition) is 0. The molecule has 0 unspecified atom stereocenters. The molecule has 0 saturated carbocycles. The highest BCUT2D eigenvalue weighted by atomic mass is 16.3. The first-order valence-corrected chi connectivity index (χ1v) is 14.1. The van der Waals surface area contributed by atoms with Gasteiger partial charge >= 0.3 is 0 Å². The highest BCUT2D eigenvalue weighted by Gasteiger charge is 2.30. The predicted octanol–water partition coefficient (Wildman–Crippen LogP) is 8.45. The van der Waals surface area contributed by atoms with Gasteiger partial charge < -0.3 is 4.42 Å². The van der Waals surface area contributed by atoms with Crippen molar-refractivity contribution in [1.29, 1.82) is 0 Å². The molecule has 5 nitrogen and oxygen atoms in total. The van der Waals surface area contributed by atoms with E-state index < -0.39 is 0 Å². The Morgan fingerprint density at radius 1 is 0.690 bits per heavy atom. The Bertz CT molecular complexity index is 2240. The minimum absolute atomic E-state index is 0.869. The topological polar surface area (TPSA) is 47.7 Å². The van der Waals surface area contributed by atoms with E-state index in [1.54, 1.807) is 18.6 Å². The quantitative estimate of drug-likeness (QED) is 0.209. The molecule has 0 aliphatic rings. The maximum absolute atomic E-state index is 6.54. The third kappa shape index (κ3) is 3.75. The van der Waals surface area contributed by atoms with Crippen LogP contribution in [-0.4, -0.2) is 14.5 Å². The number of imidazole rings is 1. The van der Waals surface area contributed by atoms with Crippen molar-refractivity contribution in [3.8, 4) is 39.5 Å². The monoisotopic (exact) mass is 543 g/mol. The Hall–Kier alpha value is -5.55. The fourth-order valence-corrected chi connectivity index (χ4v) is 6.11. The molecular weight excluding hydrogens is 516 g/mol. The standard InChI is InChI=1S/C37H27N4O/c1-24-11-20-30-29-7-3-6-10-34(29)42-36(30)35(24)37-40(2)32-8-4-5-9-33(32)41(37)28-18-16-26(17-19-28)25-12-14-27(15-13-25)31-23-38-21-22-39-31/h3-23H,1-2H3/q+1. The second-order valence-electron chi connectivity index (χ2n) is 10.7. The summed E-state index contributed by atoms with van der Waals surface area (Å²) < 4.78 is 11.2. The molecule has 0 amide bonds. The highest BCUT2D eigenvalue weighted by molar-refractivity contribution is 6.09. The molecule has 0 spiro atoms. The molecule has 5 aromatic carbocycles. The average Bonchev–Trinajstić information content (AvgIpc) is 3.57. The lowest BCUT2D eigenvalue weighted by Crippen LogP contribution is -2.30. The van der Waals surface area contributed by atoms with E-state index in [2.05, 4.69) is 130 Å². The zero-order valence-corrected chi connectivity index (χ0v) is 23.3. The Morgan fingerprint density at radius 3 is 2.19 bits per heavy atom. The zero-order chi connectivity index (χ0) is 28.2. The first kappa shape index (κ1) is 24.3. The van der Waals surface area contributed by atoms with Gasteiger partial charge in [0.15, 0.2) is 16.6 Å². The lowest BCUT2D eigenvalue weighted by molar-refractivity contribution is -0.633. The minimum atomic E-state index is 0.869. The molecule has 0 fully saturated rings. The molecule has 0 atom stereocenters. The lowest BCUT2D eigenvalue weighted by atomic mass is 10.0. The van der Waals surface area contributed by atoms with E-state index in [1.807, 2.05) is 12.1 Å². The van der Waals surface area contributed by atoms with E-state index in [-0.39, 0.29) is 0 Å². The van der Waals surface area contributed by atoms with E-state index in [9.17, 15) is 0 Å². The van der Waals surface area contributed by atoms with E-state index in [1.165, 1.54) is 5.56 Å². The molecular formula is C37H27N4O+. The van der Waals surface area contributed by atoms with Gasteiger partial charge in [-0.15, -0.1) is 0 Å². The van der Waals surface area contributed by atoms with Crippen LogP contribution in [0.5, 0.6) is 0 Å². The van der Waals surface area contributed by atoms with Gasteiger partial charge in [0.1, 0.15) is 16.8 Å². The predicted molar refractivity (Wildman–Crippen MR) is 168 cm³/mol. The maximum Gasteiger partial charge on any atom is 0.298 e. The maximum atomic E-state index is 6.54.